The van der Waals surface area contributed by atoms with Gasteiger partial charge in [-0.3, -0.25) is 9.59 Å². The number of likely N-dealkylation sites (N-methyl/N-ethyl adjacent to an activating group) is 1. The Morgan fingerprint density at radius 2 is 1.33 bits per heavy atom. The number of rotatable bonds is 23. The van der Waals surface area contributed by atoms with Crippen molar-refractivity contribution in [3.05, 3.63) is 147 Å². The molecule has 0 unspecified atom stereocenters. The highest BCUT2D eigenvalue weighted by Crippen LogP contribution is 2.41. The van der Waals surface area contributed by atoms with Gasteiger partial charge in [-0.25, -0.2) is 4.98 Å². The van der Waals surface area contributed by atoms with E-state index in [2.05, 4.69) is 46.7 Å². The molecule has 12 nitrogen and oxygen atoms in total. The minimum absolute atomic E-state index is 0.00976. The molecule has 1 N–H and O–H groups in total. The monoisotopic (exact) mass is 794 g/mol. The molecule has 5 aromatic rings. The lowest BCUT2D eigenvalue weighted by molar-refractivity contribution is -0.166. The molecular formula is C46H58N4O8. The van der Waals surface area contributed by atoms with E-state index >= 15 is 0 Å². The van der Waals surface area contributed by atoms with E-state index in [1.165, 1.54) is 0 Å². The summed E-state index contributed by atoms with van der Waals surface area (Å²) < 4.78 is 38.1. The molecule has 5 rings (SSSR count). The first-order valence-electron chi connectivity index (χ1n) is 19.6. The van der Waals surface area contributed by atoms with E-state index in [0.717, 1.165) is 34.4 Å². The summed E-state index contributed by atoms with van der Waals surface area (Å²) in [7, 11) is 7.04. The van der Waals surface area contributed by atoms with Crippen LogP contribution < -0.4 is 10.9 Å². The van der Waals surface area contributed by atoms with Crippen molar-refractivity contribution >= 4 is 16.9 Å². The molecule has 0 radical (unpaired) electrons. The lowest BCUT2D eigenvalue weighted by Crippen LogP contribution is -2.44. The van der Waals surface area contributed by atoms with Crippen molar-refractivity contribution in [3.8, 4) is 0 Å². The Balaban J connectivity index is 1.51. The number of nitrogens with zero attached hydrogens (tertiary/aromatic N) is 3. The highest BCUT2D eigenvalue weighted by molar-refractivity contribution is 5.94. The van der Waals surface area contributed by atoms with Gasteiger partial charge in [-0.05, 0) is 67.9 Å². The summed E-state index contributed by atoms with van der Waals surface area (Å²) in [5.74, 6) is -0.977. The zero-order chi connectivity index (χ0) is 41.5. The van der Waals surface area contributed by atoms with E-state index in [4.69, 9.17) is 28.4 Å². The van der Waals surface area contributed by atoms with Crippen molar-refractivity contribution in [1.82, 2.24) is 19.8 Å². The Labute approximate surface area is 342 Å². The van der Waals surface area contributed by atoms with Crippen molar-refractivity contribution in [2.45, 2.75) is 45.1 Å². The number of benzene rings is 4. The molecule has 1 amide bonds. The van der Waals surface area contributed by atoms with E-state index in [1.807, 2.05) is 106 Å². The number of carbonyl (C=O) groups is 1. The van der Waals surface area contributed by atoms with Crippen molar-refractivity contribution in [3.63, 3.8) is 0 Å². The predicted octanol–water partition coefficient (Wildman–Crippen LogP) is 5.94. The number of hydrogen-bond donors (Lipinski definition) is 1. The van der Waals surface area contributed by atoms with E-state index in [9.17, 15) is 9.59 Å². The number of nitrogens with one attached hydrogen (secondary N) is 1. The number of aryl methyl sites for hydroxylation is 2. The van der Waals surface area contributed by atoms with Crippen LogP contribution in [0.3, 0.4) is 0 Å². The summed E-state index contributed by atoms with van der Waals surface area (Å²) >= 11 is 0. The van der Waals surface area contributed by atoms with Gasteiger partial charge in [0.2, 0.25) is 0 Å². The van der Waals surface area contributed by atoms with E-state index in [1.54, 1.807) is 18.8 Å². The maximum atomic E-state index is 14.4. The Bertz CT molecular complexity index is 1980. The predicted molar refractivity (Wildman–Crippen MR) is 225 cm³/mol. The van der Waals surface area contributed by atoms with Gasteiger partial charge in [0.25, 0.3) is 11.5 Å². The van der Waals surface area contributed by atoms with Gasteiger partial charge in [-0.1, -0.05) is 97.9 Å². The summed E-state index contributed by atoms with van der Waals surface area (Å²) in [6, 6.07) is 34.2. The smallest absolute Gasteiger partial charge is 0.282 e. The van der Waals surface area contributed by atoms with Crippen LogP contribution in [0.5, 0.6) is 0 Å². The molecule has 0 aliphatic heterocycles. The van der Waals surface area contributed by atoms with Crippen LogP contribution in [0.15, 0.2) is 108 Å². The molecule has 3 atom stereocenters. The minimum atomic E-state index is -1.01. The number of carbonyl (C=O) groups excluding carboxylic acids is 1. The average Bonchev–Trinajstić information content (AvgIpc) is 3.24. The van der Waals surface area contributed by atoms with Crippen LogP contribution in [0, 0.1) is 19.8 Å². The van der Waals surface area contributed by atoms with E-state index < -0.39 is 35.2 Å². The Kier molecular flexibility index (Phi) is 16.7. The van der Waals surface area contributed by atoms with Crippen molar-refractivity contribution in [2.75, 3.05) is 74.8 Å². The fraction of sp³-hybridized carbons (Fsp3) is 0.413. The third kappa shape index (κ3) is 11.0. The Hall–Kier alpha value is -4.79. The quantitative estimate of drug-likeness (QED) is 0.0483. The molecule has 58 heavy (non-hydrogen) atoms. The normalized spacial score (nSPS) is 13.4. The molecule has 0 saturated carbocycles. The fourth-order valence-corrected chi connectivity index (χ4v) is 6.92. The van der Waals surface area contributed by atoms with Crippen LogP contribution in [0.2, 0.25) is 0 Å². The second kappa shape index (κ2) is 21.8. The molecule has 4 aromatic carbocycles. The van der Waals surface area contributed by atoms with Crippen molar-refractivity contribution in [2.24, 2.45) is 5.92 Å². The SMILES string of the molecule is COCO[C@@H](Cn1c(=O)c(C(=O)NCCOCCN(C)C)nc2cc(C)c(C)cc21)[C@H](C)[C@@H](COC(c1ccccc1)(c1ccccc1)c1ccccc1)OCOC. The zero-order valence-corrected chi connectivity index (χ0v) is 34.8. The summed E-state index contributed by atoms with van der Waals surface area (Å²) in [5.41, 5.74) is 4.14. The van der Waals surface area contributed by atoms with Gasteiger partial charge < -0.3 is 43.2 Å². The first-order valence-corrected chi connectivity index (χ1v) is 19.6. The molecule has 1 heterocycles. The fourth-order valence-electron chi connectivity index (χ4n) is 6.92. The maximum Gasteiger partial charge on any atom is 0.282 e. The topological polar surface area (TPSA) is 123 Å². The zero-order valence-electron chi connectivity index (χ0n) is 34.8. The van der Waals surface area contributed by atoms with Gasteiger partial charge in [-0.15, -0.1) is 0 Å². The van der Waals surface area contributed by atoms with Crippen LogP contribution in [-0.2, 0) is 40.6 Å². The van der Waals surface area contributed by atoms with Crippen LogP contribution in [0.1, 0.15) is 45.2 Å². The van der Waals surface area contributed by atoms with E-state index in [0.29, 0.717) is 24.2 Å². The third-order valence-electron chi connectivity index (χ3n) is 10.3. The number of amides is 1. The largest absolute Gasteiger partial charge is 0.378 e. The highest BCUT2D eigenvalue weighted by atomic mass is 16.7. The molecule has 12 heteroatoms. The highest BCUT2D eigenvalue weighted by Gasteiger charge is 2.40. The number of fused-ring (bicyclic) bond motifs is 1. The molecule has 0 spiro atoms. The van der Waals surface area contributed by atoms with Crippen molar-refractivity contribution < 1.29 is 33.2 Å². The first-order chi connectivity index (χ1) is 28.1. The summed E-state index contributed by atoms with van der Waals surface area (Å²) in [4.78, 5) is 34.5. The van der Waals surface area contributed by atoms with Crippen LogP contribution in [0.4, 0.5) is 0 Å². The number of methoxy groups -OCH3 is 2. The minimum Gasteiger partial charge on any atom is -0.378 e. The summed E-state index contributed by atoms with van der Waals surface area (Å²) in [6.45, 7) is 7.87. The molecule has 0 saturated heterocycles. The molecular weight excluding hydrogens is 737 g/mol. The molecule has 0 fully saturated rings. The molecule has 0 aliphatic carbocycles. The van der Waals surface area contributed by atoms with Gasteiger partial charge in [0.15, 0.2) is 5.69 Å². The van der Waals surface area contributed by atoms with Crippen LogP contribution >= 0.6 is 0 Å². The molecule has 1 aromatic heterocycles. The lowest BCUT2D eigenvalue weighted by atomic mass is 9.80. The summed E-state index contributed by atoms with van der Waals surface area (Å²) in [6.07, 6.45) is -1.25. The standard InChI is InChI=1S/C46H58N4O8/c1-33-27-39-40(28-34(33)2)50(45(52)43(48-39)44(51)47-23-25-55-26-24-49(4)5)29-41(56-31-53-6)35(3)42(57-32-54-7)30-58-46(36-17-11-8-12-18-36,37-19-13-9-14-20-37)38-21-15-10-16-22-38/h8-22,27-28,35,41-42H,23-26,29-32H2,1-7H3,(H,47,51)/t35-,41-,42+/m0/s1. The lowest BCUT2D eigenvalue weighted by Gasteiger charge is -2.38. The number of hydrogen-bond acceptors (Lipinski definition) is 10. The van der Waals surface area contributed by atoms with Gasteiger partial charge in [-0.2, -0.15) is 0 Å². The van der Waals surface area contributed by atoms with Gasteiger partial charge >= 0.3 is 0 Å². The van der Waals surface area contributed by atoms with Gasteiger partial charge in [0.1, 0.15) is 19.2 Å². The number of aromatic nitrogens is 2. The maximum absolute atomic E-state index is 14.4. The molecule has 310 valence electrons. The molecule has 0 bridgehead atoms. The van der Waals surface area contributed by atoms with Crippen molar-refractivity contribution in [1.29, 1.82) is 0 Å². The average molecular weight is 795 g/mol. The first kappa shape index (κ1) is 44.3. The summed E-state index contributed by atoms with van der Waals surface area (Å²) in [5, 5.41) is 2.81. The number of ether oxygens (including phenoxy) is 6. The van der Waals surface area contributed by atoms with E-state index in [-0.39, 0.29) is 39.0 Å². The second-order valence-electron chi connectivity index (χ2n) is 14.6. The molecule has 0 aliphatic rings. The second-order valence-corrected chi connectivity index (χ2v) is 14.6. The van der Waals surface area contributed by atoms with Crippen LogP contribution in [-0.4, -0.2) is 107 Å². The third-order valence-corrected chi connectivity index (χ3v) is 10.3. The Morgan fingerprint density at radius 3 is 1.86 bits per heavy atom. The van der Waals surface area contributed by atoms with Crippen LogP contribution in [0.25, 0.3) is 11.0 Å². The van der Waals surface area contributed by atoms with Gasteiger partial charge in [0, 0.05) is 33.2 Å². The van der Waals surface area contributed by atoms with Gasteiger partial charge in [0.05, 0.1) is 49.6 Å². The Morgan fingerprint density at radius 1 is 0.793 bits per heavy atom.